The highest BCUT2D eigenvalue weighted by Crippen LogP contribution is 2.07. The number of hydrogen-bond donors (Lipinski definition) is 2. The van der Waals surface area contributed by atoms with E-state index >= 15 is 0 Å². The second-order valence-electron chi connectivity index (χ2n) is 6.52. The minimum absolute atomic E-state index is 0.329. The van der Waals surface area contributed by atoms with E-state index in [1.54, 1.807) is 0 Å². The maximum atomic E-state index is 11.6. The number of ether oxygens (including phenoxy) is 1. The minimum atomic E-state index is -0.436. The van der Waals surface area contributed by atoms with Gasteiger partial charge in [0.15, 0.2) is 0 Å². The first-order chi connectivity index (χ1) is 8.74. The van der Waals surface area contributed by atoms with Crippen molar-refractivity contribution in [3.63, 3.8) is 0 Å². The zero-order chi connectivity index (χ0) is 14.9. The summed E-state index contributed by atoms with van der Waals surface area (Å²) in [6.07, 6.45) is 3.09. The fourth-order valence-electron chi connectivity index (χ4n) is 1.65. The molecule has 1 unspecified atom stereocenters. The summed E-state index contributed by atoms with van der Waals surface area (Å²) in [5, 5.41) is 6.35. The Morgan fingerprint density at radius 1 is 1.21 bits per heavy atom. The molecule has 0 bridgehead atoms. The van der Waals surface area contributed by atoms with Crippen LogP contribution >= 0.6 is 0 Å². The highest BCUT2D eigenvalue weighted by molar-refractivity contribution is 5.67. The molecule has 0 saturated heterocycles. The zero-order valence-electron chi connectivity index (χ0n) is 13.5. The average molecular weight is 272 g/mol. The molecule has 0 aromatic rings. The SMILES string of the molecule is CCCCC(CNC(=O)OC(C)(C)C)NCC(C)C. The van der Waals surface area contributed by atoms with Gasteiger partial charge in [-0.1, -0.05) is 33.6 Å². The molecule has 19 heavy (non-hydrogen) atoms. The monoisotopic (exact) mass is 272 g/mol. The molecule has 0 spiro atoms. The van der Waals surface area contributed by atoms with E-state index in [0.717, 1.165) is 13.0 Å². The van der Waals surface area contributed by atoms with E-state index in [1.165, 1.54) is 12.8 Å². The minimum Gasteiger partial charge on any atom is -0.444 e. The largest absolute Gasteiger partial charge is 0.444 e. The van der Waals surface area contributed by atoms with Crippen LogP contribution in [0.25, 0.3) is 0 Å². The molecule has 114 valence electrons. The number of hydrogen-bond acceptors (Lipinski definition) is 3. The van der Waals surface area contributed by atoms with Crippen LogP contribution in [0.4, 0.5) is 4.79 Å². The smallest absolute Gasteiger partial charge is 0.407 e. The Kier molecular flexibility index (Phi) is 8.81. The molecule has 0 fully saturated rings. The Morgan fingerprint density at radius 2 is 1.84 bits per heavy atom. The summed E-state index contributed by atoms with van der Waals surface area (Å²) in [5.74, 6) is 0.616. The fourth-order valence-corrected chi connectivity index (χ4v) is 1.65. The molecule has 4 nitrogen and oxygen atoms in total. The van der Waals surface area contributed by atoms with E-state index < -0.39 is 5.60 Å². The number of nitrogens with one attached hydrogen (secondary N) is 2. The summed E-state index contributed by atoms with van der Waals surface area (Å²) in [4.78, 5) is 11.6. The van der Waals surface area contributed by atoms with Crippen LogP contribution in [-0.2, 0) is 4.74 Å². The van der Waals surface area contributed by atoms with Crippen molar-refractivity contribution in [3.8, 4) is 0 Å². The molecular weight excluding hydrogens is 240 g/mol. The Morgan fingerprint density at radius 3 is 2.32 bits per heavy atom. The number of carbonyl (C=O) groups excluding carboxylic acids is 1. The first kappa shape index (κ1) is 18.2. The molecule has 0 heterocycles. The van der Waals surface area contributed by atoms with E-state index in [9.17, 15) is 4.79 Å². The lowest BCUT2D eigenvalue weighted by molar-refractivity contribution is 0.0521. The van der Waals surface area contributed by atoms with Crippen molar-refractivity contribution in [1.29, 1.82) is 0 Å². The molecule has 1 atom stereocenters. The second kappa shape index (κ2) is 9.18. The number of amides is 1. The Bertz CT molecular complexity index is 247. The van der Waals surface area contributed by atoms with Crippen LogP contribution in [0.3, 0.4) is 0 Å². The molecule has 0 aliphatic heterocycles. The predicted octanol–water partition coefficient (Wildman–Crippen LogP) is 3.32. The van der Waals surface area contributed by atoms with Crippen LogP contribution in [0.1, 0.15) is 60.8 Å². The molecule has 1 amide bonds. The van der Waals surface area contributed by atoms with Gasteiger partial charge in [-0.2, -0.15) is 0 Å². The normalized spacial score (nSPS) is 13.4. The molecule has 0 aliphatic rings. The summed E-state index contributed by atoms with van der Waals surface area (Å²) < 4.78 is 5.24. The summed E-state index contributed by atoms with van der Waals surface area (Å²) in [6.45, 7) is 13.8. The van der Waals surface area contributed by atoms with Gasteiger partial charge in [-0.25, -0.2) is 4.79 Å². The van der Waals surface area contributed by atoms with Crippen molar-refractivity contribution < 1.29 is 9.53 Å². The van der Waals surface area contributed by atoms with Gasteiger partial charge in [-0.05, 0) is 39.7 Å². The number of rotatable bonds is 8. The summed E-state index contributed by atoms with van der Waals surface area (Å²) in [7, 11) is 0. The van der Waals surface area contributed by atoms with Crippen LogP contribution in [0.2, 0.25) is 0 Å². The molecule has 4 heteroatoms. The third kappa shape index (κ3) is 12.0. The number of unbranched alkanes of at least 4 members (excludes halogenated alkanes) is 1. The molecule has 0 radical (unpaired) electrons. The summed E-state index contributed by atoms with van der Waals surface area (Å²) >= 11 is 0. The van der Waals surface area contributed by atoms with Gasteiger partial charge >= 0.3 is 6.09 Å². The topological polar surface area (TPSA) is 50.4 Å². The van der Waals surface area contributed by atoms with Crippen molar-refractivity contribution in [2.45, 2.75) is 72.4 Å². The lowest BCUT2D eigenvalue weighted by atomic mass is 10.1. The molecule has 2 N–H and O–H groups in total. The summed E-state index contributed by atoms with van der Waals surface area (Å²) in [6, 6.07) is 0.329. The van der Waals surface area contributed by atoms with Crippen molar-refractivity contribution in [2.75, 3.05) is 13.1 Å². The maximum absolute atomic E-state index is 11.6. The highest BCUT2D eigenvalue weighted by atomic mass is 16.6. The molecule has 0 aliphatic carbocycles. The second-order valence-corrected chi connectivity index (χ2v) is 6.52. The number of carbonyl (C=O) groups is 1. The molecular formula is C15H32N2O2. The summed E-state index contributed by atoms with van der Waals surface area (Å²) in [5.41, 5.74) is -0.436. The van der Waals surface area contributed by atoms with Gasteiger partial charge in [0.25, 0.3) is 0 Å². The van der Waals surface area contributed by atoms with Crippen LogP contribution in [0.5, 0.6) is 0 Å². The van der Waals surface area contributed by atoms with E-state index in [0.29, 0.717) is 18.5 Å². The van der Waals surface area contributed by atoms with Gasteiger partial charge in [0.2, 0.25) is 0 Å². The van der Waals surface area contributed by atoms with Crippen LogP contribution in [-0.4, -0.2) is 30.8 Å². The standard InChI is InChI=1S/C15H32N2O2/c1-7-8-9-13(16-10-12(2)3)11-17-14(18)19-15(4,5)6/h12-13,16H,7-11H2,1-6H3,(H,17,18). The van der Waals surface area contributed by atoms with Gasteiger partial charge in [0.1, 0.15) is 5.60 Å². The Balaban J connectivity index is 4.05. The van der Waals surface area contributed by atoms with Crippen LogP contribution in [0.15, 0.2) is 0 Å². The fraction of sp³-hybridized carbons (Fsp3) is 0.933. The molecule has 0 saturated carbocycles. The highest BCUT2D eigenvalue weighted by Gasteiger charge is 2.17. The third-order valence-electron chi connectivity index (χ3n) is 2.61. The van der Waals surface area contributed by atoms with Gasteiger partial charge in [-0.3, -0.25) is 0 Å². The van der Waals surface area contributed by atoms with Gasteiger partial charge < -0.3 is 15.4 Å². The predicted molar refractivity (Wildman–Crippen MR) is 80.4 cm³/mol. The van der Waals surface area contributed by atoms with E-state index in [-0.39, 0.29) is 6.09 Å². The molecule has 0 aromatic carbocycles. The van der Waals surface area contributed by atoms with Gasteiger partial charge in [0, 0.05) is 12.6 Å². The zero-order valence-corrected chi connectivity index (χ0v) is 13.5. The number of alkyl carbamates (subject to hydrolysis) is 1. The quantitative estimate of drug-likeness (QED) is 0.712. The average Bonchev–Trinajstić information content (AvgIpc) is 2.25. The maximum Gasteiger partial charge on any atom is 0.407 e. The van der Waals surface area contributed by atoms with E-state index in [4.69, 9.17) is 4.74 Å². The Labute approximate surface area is 118 Å². The molecule has 0 rings (SSSR count). The van der Waals surface area contributed by atoms with Crippen molar-refractivity contribution in [1.82, 2.24) is 10.6 Å². The van der Waals surface area contributed by atoms with E-state index in [1.807, 2.05) is 20.8 Å². The van der Waals surface area contributed by atoms with Crippen molar-refractivity contribution >= 4 is 6.09 Å². The van der Waals surface area contributed by atoms with Crippen LogP contribution in [0, 0.1) is 5.92 Å². The van der Waals surface area contributed by atoms with E-state index in [2.05, 4.69) is 31.4 Å². The van der Waals surface area contributed by atoms with Crippen molar-refractivity contribution in [2.24, 2.45) is 5.92 Å². The van der Waals surface area contributed by atoms with Gasteiger partial charge in [-0.15, -0.1) is 0 Å². The third-order valence-corrected chi connectivity index (χ3v) is 2.61. The molecule has 0 aromatic heterocycles. The first-order valence-corrected chi connectivity index (χ1v) is 7.44. The van der Waals surface area contributed by atoms with Crippen molar-refractivity contribution in [3.05, 3.63) is 0 Å². The van der Waals surface area contributed by atoms with Crippen LogP contribution < -0.4 is 10.6 Å². The van der Waals surface area contributed by atoms with Gasteiger partial charge in [0.05, 0.1) is 0 Å². The lowest BCUT2D eigenvalue weighted by Gasteiger charge is -2.23. The first-order valence-electron chi connectivity index (χ1n) is 7.44. The Hall–Kier alpha value is -0.770. The lowest BCUT2D eigenvalue weighted by Crippen LogP contribution is -2.43.